The Morgan fingerprint density at radius 1 is 1.30 bits per heavy atom. The number of nitrogens with zero attached hydrogens (tertiary/aromatic N) is 1. The summed E-state index contributed by atoms with van der Waals surface area (Å²) >= 11 is 5.80. The molecule has 0 saturated carbocycles. The third-order valence-corrected chi connectivity index (χ3v) is 3.61. The molecule has 2 rings (SSSR count). The fraction of sp³-hybridized carbons (Fsp3) is 0.538. The van der Waals surface area contributed by atoms with Crippen molar-refractivity contribution in [3.63, 3.8) is 0 Å². The van der Waals surface area contributed by atoms with Gasteiger partial charge < -0.3 is 10.4 Å². The van der Waals surface area contributed by atoms with E-state index >= 15 is 0 Å². The van der Waals surface area contributed by atoms with Crippen LogP contribution in [0.2, 0.25) is 5.02 Å². The zero-order chi connectivity index (χ0) is 14.8. The van der Waals surface area contributed by atoms with E-state index in [0.29, 0.717) is 25.9 Å². The van der Waals surface area contributed by atoms with Crippen LogP contribution < -0.4 is 5.32 Å². The molecule has 1 aliphatic rings. The third kappa shape index (κ3) is 4.45. The number of halogens is 4. The number of likely N-dealkylation sites (tertiary alicyclic amines) is 1. The lowest BCUT2D eigenvalue weighted by atomic mass is 10.0. The molecular weight excluding hydrogens is 293 g/mol. The van der Waals surface area contributed by atoms with Crippen molar-refractivity contribution in [1.29, 1.82) is 0 Å². The van der Waals surface area contributed by atoms with Gasteiger partial charge in [-0.3, -0.25) is 4.90 Å². The fourth-order valence-corrected chi connectivity index (χ4v) is 2.50. The molecule has 0 unspecified atom stereocenters. The Morgan fingerprint density at radius 3 is 2.50 bits per heavy atom. The molecule has 20 heavy (non-hydrogen) atoms. The van der Waals surface area contributed by atoms with Gasteiger partial charge in [0.15, 0.2) is 0 Å². The average Bonchev–Trinajstić information content (AvgIpc) is 2.35. The van der Waals surface area contributed by atoms with Crippen molar-refractivity contribution in [2.45, 2.75) is 25.1 Å². The molecule has 1 aromatic rings. The van der Waals surface area contributed by atoms with E-state index in [1.165, 1.54) is 11.0 Å². The van der Waals surface area contributed by atoms with Gasteiger partial charge in [-0.25, -0.2) is 0 Å². The molecule has 3 nitrogen and oxygen atoms in total. The number of piperidine rings is 1. The van der Waals surface area contributed by atoms with Crippen molar-refractivity contribution < 1.29 is 18.3 Å². The number of phenols is 1. The van der Waals surface area contributed by atoms with Crippen LogP contribution in [0.5, 0.6) is 5.75 Å². The molecule has 1 aromatic carbocycles. The van der Waals surface area contributed by atoms with Gasteiger partial charge in [-0.1, -0.05) is 11.6 Å². The summed E-state index contributed by atoms with van der Waals surface area (Å²) in [5.41, 5.74) is 0.766. The molecule has 1 aliphatic heterocycles. The number of benzene rings is 1. The molecular formula is C13H16ClF3N2O. The highest BCUT2D eigenvalue weighted by Gasteiger charge is 2.32. The Balaban J connectivity index is 1.83. The summed E-state index contributed by atoms with van der Waals surface area (Å²) in [7, 11) is 0. The van der Waals surface area contributed by atoms with E-state index in [9.17, 15) is 18.3 Å². The van der Waals surface area contributed by atoms with Crippen molar-refractivity contribution in [2.24, 2.45) is 0 Å². The van der Waals surface area contributed by atoms with Crippen LogP contribution in [0.15, 0.2) is 18.2 Å². The molecule has 2 N–H and O–H groups in total. The van der Waals surface area contributed by atoms with Gasteiger partial charge in [0.05, 0.1) is 11.6 Å². The SMILES string of the molecule is Oc1ccc(NC2CCN(CC(F)(F)F)CC2)cc1Cl. The number of aromatic hydroxyl groups is 1. The minimum Gasteiger partial charge on any atom is -0.506 e. The molecule has 0 spiro atoms. The van der Waals surface area contributed by atoms with Crippen LogP contribution >= 0.6 is 11.6 Å². The van der Waals surface area contributed by atoms with Gasteiger partial charge in [0.1, 0.15) is 5.75 Å². The van der Waals surface area contributed by atoms with Crippen molar-refractivity contribution in [3.8, 4) is 5.75 Å². The van der Waals surface area contributed by atoms with Gasteiger partial charge in [-0.15, -0.1) is 0 Å². The molecule has 1 saturated heterocycles. The van der Waals surface area contributed by atoms with Crippen LogP contribution in [0.4, 0.5) is 18.9 Å². The highest BCUT2D eigenvalue weighted by Crippen LogP contribution is 2.27. The van der Waals surface area contributed by atoms with Gasteiger partial charge in [0.2, 0.25) is 0 Å². The van der Waals surface area contributed by atoms with Gasteiger partial charge >= 0.3 is 6.18 Å². The minimum atomic E-state index is -4.13. The number of phenolic OH excluding ortho intramolecular Hbond substituents is 1. The highest BCUT2D eigenvalue weighted by atomic mass is 35.5. The first-order valence-corrected chi connectivity index (χ1v) is 6.75. The van der Waals surface area contributed by atoms with Crippen LogP contribution in [0, 0.1) is 0 Å². The Morgan fingerprint density at radius 2 is 1.95 bits per heavy atom. The molecule has 112 valence electrons. The van der Waals surface area contributed by atoms with E-state index in [-0.39, 0.29) is 16.8 Å². The zero-order valence-corrected chi connectivity index (χ0v) is 11.5. The molecule has 7 heteroatoms. The van der Waals surface area contributed by atoms with Gasteiger partial charge in [-0.05, 0) is 31.0 Å². The molecule has 0 amide bonds. The van der Waals surface area contributed by atoms with Crippen LogP contribution in [0.3, 0.4) is 0 Å². The maximum absolute atomic E-state index is 12.3. The van der Waals surface area contributed by atoms with Gasteiger partial charge in [-0.2, -0.15) is 13.2 Å². The summed E-state index contributed by atoms with van der Waals surface area (Å²) in [6.45, 7) is -0.00323. The average molecular weight is 309 g/mol. The summed E-state index contributed by atoms with van der Waals surface area (Å²) in [4.78, 5) is 1.42. The summed E-state index contributed by atoms with van der Waals surface area (Å²) in [6.07, 6.45) is -2.84. The second-order valence-corrected chi connectivity index (χ2v) is 5.38. The van der Waals surface area contributed by atoms with Gasteiger partial charge in [0, 0.05) is 24.8 Å². The minimum absolute atomic E-state index is 0.0113. The van der Waals surface area contributed by atoms with Crippen LogP contribution in [0.1, 0.15) is 12.8 Å². The first-order valence-electron chi connectivity index (χ1n) is 6.37. The summed E-state index contributed by atoms with van der Waals surface area (Å²) in [5, 5.41) is 12.8. The molecule has 1 fully saturated rings. The quantitative estimate of drug-likeness (QED) is 0.839. The predicted octanol–water partition coefficient (Wildman–Crippen LogP) is 3.48. The predicted molar refractivity (Wildman–Crippen MR) is 72.3 cm³/mol. The van der Waals surface area contributed by atoms with E-state index < -0.39 is 12.7 Å². The van der Waals surface area contributed by atoms with Crippen molar-refractivity contribution >= 4 is 17.3 Å². The third-order valence-electron chi connectivity index (χ3n) is 3.31. The molecule has 0 aliphatic carbocycles. The number of alkyl halides is 3. The number of rotatable bonds is 3. The van der Waals surface area contributed by atoms with E-state index in [2.05, 4.69) is 5.32 Å². The lowest BCUT2D eigenvalue weighted by molar-refractivity contribution is -0.147. The normalized spacial score (nSPS) is 18.2. The Labute approximate surface area is 120 Å². The Kier molecular flexibility index (Phi) is 4.65. The largest absolute Gasteiger partial charge is 0.506 e. The molecule has 0 atom stereocenters. The monoisotopic (exact) mass is 308 g/mol. The lowest BCUT2D eigenvalue weighted by Gasteiger charge is -2.33. The van der Waals surface area contributed by atoms with E-state index in [0.717, 1.165) is 5.69 Å². The molecule has 0 radical (unpaired) electrons. The van der Waals surface area contributed by atoms with E-state index in [4.69, 9.17) is 11.6 Å². The van der Waals surface area contributed by atoms with Crippen LogP contribution in [0.25, 0.3) is 0 Å². The number of hydrogen-bond donors (Lipinski definition) is 2. The van der Waals surface area contributed by atoms with E-state index in [1.807, 2.05) is 0 Å². The topological polar surface area (TPSA) is 35.5 Å². The second-order valence-electron chi connectivity index (χ2n) is 4.98. The Bertz CT molecular complexity index is 459. The first kappa shape index (κ1) is 15.3. The summed E-state index contributed by atoms with van der Waals surface area (Å²) in [5.74, 6) is 0.0113. The highest BCUT2D eigenvalue weighted by molar-refractivity contribution is 6.32. The zero-order valence-electron chi connectivity index (χ0n) is 10.8. The van der Waals surface area contributed by atoms with Crippen LogP contribution in [-0.2, 0) is 0 Å². The first-order chi connectivity index (χ1) is 9.33. The molecule has 1 heterocycles. The lowest BCUT2D eigenvalue weighted by Crippen LogP contribution is -2.43. The maximum atomic E-state index is 12.3. The van der Waals surface area contributed by atoms with E-state index in [1.54, 1.807) is 12.1 Å². The number of hydrogen-bond acceptors (Lipinski definition) is 3. The number of anilines is 1. The number of nitrogens with one attached hydrogen (secondary N) is 1. The summed E-state index contributed by atoms with van der Waals surface area (Å²) in [6, 6.07) is 4.92. The maximum Gasteiger partial charge on any atom is 0.401 e. The van der Waals surface area contributed by atoms with Crippen molar-refractivity contribution in [1.82, 2.24) is 4.90 Å². The fourth-order valence-electron chi connectivity index (χ4n) is 2.32. The molecule has 0 aromatic heterocycles. The van der Waals surface area contributed by atoms with Crippen molar-refractivity contribution in [3.05, 3.63) is 23.2 Å². The van der Waals surface area contributed by atoms with Crippen molar-refractivity contribution in [2.75, 3.05) is 25.0 Å². The summed E-state index contributed by atoms with van der Waals surface area (Å²) < 4.78 is 36.8. The van der Waals surface area contributed by atoms with Gasteiger partial charge in [0.25, 0.3) is 0 Å². The second kappa shape index (κ2) is 6.10. The standard InChI is InChI=1S/C13H16ClF3N2O/c14-11-7-10(1-2-12(11)20)18-9-3-5-19(6-4-9)8-13(15,16)17/h1-2,7,9,18,20H,3-6,8H2. The smallest absolute Gasteiger partial charge is 0.401 e. The van der Waals surface area contributed by atoms with Crippen LogP contribution in [-0.4, -0.2) is 41.9 Å². The molecule has 0 bridgehead atoms. The Hall–Kier alpha value is -1.14.